The van der Waals surface area contributed by atoms with Crippen molar-refractivity contribution in [1.82, 2.24) is 4.90 Å². The largest absolute Gasteiger partial charge is 0.370 e. The minimum atomic E-state index is -1.45. The summed E-state index contributed by atoms with van der Waals surface area (Å²) in [6.07, 6.45) is 0.164. The Morgan fingerprint density at radius 2 is 1.88 bits per heavy atom. The second kappa shape index (κ2) is 5.56. The summed E-state index contributed by atoms with van der Waals surface area (Å²) in [5.74, 6) is -3.51. The predicted molar refractivity (Wildman–Crippen MR) is 60.2 cm³/mol. The van der Waals surface area contributed by atoms with Crippen LogP contribution in [0.5, 0.6) is 0 Å². The highest BCUT2D eigenvalue weighted by Gasteiger charge is 2.12. The topological polar surface area (TPSA) is 41.6 Å². The van der Waals surface area contributed by atoms with E-state index in [-0.39, 0.29) is 18.5 Å². The van der Waals surface area contributed by atoms with Crippen molar-refractivity contribution in [2.75, 3.05) is 20.6 Å². The second-order valence-electron chi connectivity index (χ2n) is 3.72. The molecule has 0 heterocycles. The lowest BCUT2D eigenvalue weighted by Crippen LogP contribution is -2.30. The average Bonchev–Trinajstić information content (AvgIpc) is 2.28. The molecule has 0 amide bonds. The van der Waals surface area contributed by atoms with Crippen LogP contribution < -0.4 is 5.73 Å². The van der Waals surface area contributed by atoms with Crippen LogP contribution in [0.4, 0.5) is 13.2 Å². The van der Waals surface area contributed by atoms with Gasteiger partial charge in [0, 0.05) is 20.6 Å². The summed E-state index contributed by atoms with van der Waals surface area (Å²) in [5.41, 5.74) is 5.60. The van der Waals surface area contributed by atoms with E-state index in [0.717, 1.165) is 6.07 Å². The normalized spacial score (nSPS) is 11.7. The van der Waals surface area contributed by atoms with Crippen molar-refractivity contribution in [3.8, 4) is 0 Å². The van der Waals surface area contributed by atoms with Gasteiger partial charge in [-0.05, 0) is 18.1 Å². The van der Waals surface area contributed by atoms with Crippen molar-refractivity contribution in [2.24, 2.45) is 10.7 Å². The maximum atomic E-state index is 13.2. The molecular formula is C11H14F3N3. The van der Waals surface area contributed by atoms with Gasteiger partial charge in [-0.1, -0.05) is 6.07 Å². The summed E-state index contributed by atoms with van der Waals surface area (Å²) < 4.78 is 38.8. The average molecular weight is 245 g/mol. The van der Waals surface area contributed by atoms with Gasteiger partial charge in [0.2, 0.25) is 0 Å². The predicted octanol–water partition coefficient (Wildman–Crippen LogP) is 1.52. The van der Waals surface area contributed by atoms with Crippen LogP contribution in [0.3, 0.4) is 0 Å². The third-order valence-corrected chi connectivity index (χ3v) is 2.23. The van der Waals surface area contributed by atoms with Crippen molar-refractivity contribution in [1.29, 1.82) is 0 Å². The number of nitrogens with two attached hydrogens (primary N) is 1. The Morgan fingerprint density at radius 3 is 2.47 bits per heavy atom. The lowest BCUT2D eigenvalue weighted by atomic mass is 10.1. The first-order chi connectivity index (χ1) is 7.93. The number of hydrogen-bond acceptors (Lipinski definition) is 1. The van der Waals surface area contributed by atoms with Gasteiger partial charge in [0.25, 0.3) is 0 Å². The molecule has 3 nitrogen and oxygen atoms in total. The molecule has 1 rings (SSSR count). The fourth-order valence-electron chi connectivity index (χ4n) is 1.19. The maximum Gasteiger partial charge on any atom is 0.194 e. The van der Waals surface area contributed by atoms with E-state index in [2.05, 4.69) is 4.99 Å². The molecule has 94 valence electrons. The highest BCUT2D eigenvalue weighted by atomic mass is 19.2. The van der Waals surface area contributed by atoms with E-state index >= 15 is 0 Å². The number of nitrogens with zero attached hydrogens (tertiary/aromatic N) is 2. The first-order valence-corrected chi connectivity index (χ1v) is 5.03. The van der Waals surface area contributed by atoms with Crippen LogP contribution in [-0.4, -0.2) is 31.5 Å². The lowest BCUT2D eigenvalue weighted by Gasteiger charge is -2.10. The number of halogens is 3. The van der Waals surface area contributed by atoms with Gasteiger partial charge in [-0.3, -0.25) is 4.99 Å². The Morgan fingerprint density at radius 1 is 1.24 bits per heavy atom. The van der Waals surface area contributed by atoms with E-state index in [9.17, 15) is 13.2 Å². The molecule has 2 N–H and O–H groups in total. The highest BCUT2D eigenvalue weighted by Crippen LogP contribution is 2.15. The summed E-state index contributed by atoms with van der Waals surface area (Å²) in [6.45, 7) is 0.214. The Balaban J connectivity index is 2.71. The van der Waals surface area contributed by atoms with Gasteiger partial charge in [0.05, 0.1) is 0 Å². The SMILES string of the molecule is CN(C)C(N)=NCCc1ccc(F)c(F)c1F. The number of rotatable bonds is 3. The van der Waals surface area contributed by atoms with Gasteiger partial charge in [0.1, 0.15) is 0 Å². The molecule has 0 aliphatic rings. The van der Waals surface area contributed by atoms with Crippen LogP contribution >= 0.6 is 0 Å². The summed E-state index contributed by atoms with van der Waals surface area (Å²) in [5, 5.41) is 0. The molecule has 17 heavy (non-hydrogen) atoms. The van der Waals surface area contributed by atoms with Gasteiger partial charge < -0.3 is 10.6 Å². The number of aliphatic imine (C=N–C) groups is 1. The third-order valence-electron chi connectivity index (χ3n) is 2.23. The van der Waals surface area contributed by atoms with Crippen LogP contribution in [0, 0.1) is 17.5 Å². The standard InChI is InChI=1S/C11H14F3N3/c1-17(2)11(15)16-6-5-7-3-4-8(12)10(14)9(7)13/h3-4H,5-6H2,1-2H3,(H2,15,16). The van der Waals surface area contributed by atoms with Crippen molar-refractivity contribution in [3.05, 3.63) is 35.1 Å². The van der Waals surface area contributed by atoms with Crippen LogP contribution in [0.2, 0.25) is 0 Å². The van der Waals surface area contributed by atoms with E-state index in [1.54, 1.807) is 19.0 Å². The van der Waals surface area contributed by atoms with E-state index in [0.29, 0.717) is 5.96 Å². The molecule has 0 saturated carbocycles. The maximum absolute atomic E-state index is 13.2. The molecule has 1 aromatic carbocycles. The van der Waals surface area contributed by atoms with E-state index < -0.39 is 17.5 Å². The van der Waals surface area contributed by atoms with Crippen LogP contribution in [0.25, 0.3) is 0 Å². The van der Waals surface area contributed by atoms with Crippen LogP contribution in [0.15, 0.2) is 17.1 Å². The molecule has 0 unspecified atom stereocenters. The molecule has 0 aliphatic carbocycles. The Bertz CT molecular complexity index is 430. The molecule has 0 radical (unpaired) electrons. The molecular weight excluding hydrogens is 231 g/mol. The monoisotopic (exact) mass is 245 g/mol. The number of guanidine groups is 1. The quantitative estimate of drug-likeness (QED) is 0.498. The zero-order valence-electron chi connectivity index (χ0n) is 9.67. The number of benzene rings is 1. The fraction of sp³-hybridized carbons (Fsp3) is 0.364. The summed E-state index contributed by atoms with van der Waals surface area (Å²) in [6, 6.07) is 2.10. The van der Waals surface area contributed by atoms with Gasteiger partial charge in [-0.25, -0.2) is 13.2 Å². The lowest BCUT2D eigenvalue weighted by molar-refractivity contribution is 0.441. The summed E-state index contributed by atoms with van der Waals surface area (Å²) in [4.78, 5) is 5.55. The summed E-state index contributed by atoms with van der Waals surface area (Å²) >= 11 is 0. The molecule has 1 aromatic rings. The molecule has 0 atom stereocenters. The second-order valence-corrected chi connectivity index (χ2v) is 3.72. The molecule has 6 heteroatoms. The van der Waals surface area contributed by atoms with Gasteiger partial charge in [-0.2, -0.15) is 0 Å². The van der Waals surface area contributed by atoms with Crippen molar-refractivity contribution < 1.29 is 13.2 Å². The van der Waals surface area contributed by atoms with Gasteiger partial charge >= 0.3 is 0 Å². The van der Waals surface area contributed by atoms with Crippen LogP contribution in [0.1, 0.15) is 5.56 Å². The molecule has 0 spiro atoms. The molecule has 0 bridgehead atoms. The zero-order chi connectivity index (χ0) is 13.0. The van der Waals surface area contributed by atoms with E-state index in [1.165, 1.54) is 6.07 Å². The van der Waals surface area contributed by atoms with Gasteiger partial charge in [-0.15, -0.1) is 0 Å². The van der Waals surface area contributed by atoms with Gasteiger partial charge in [0.15, 0.2) is 23.4 Å². The van der Waals surface area contributed by atoms with E-state index in [1.807, 2.05) is 0 Å². The van der Waals surface area contributed by atoms with Crippen molar-refractivity contribution >= 4 is 5.96 Å². The summed E-state index contributed by atoms with van der Waals surface area (Å²) in [7, 11) is 3.44. The molecule has 0 aromatic heterocycles. The minimum absolute atomic E-state index is 0.0826. The number of hydrogen-bond donors (Lipinski definition) is 1. The first-order valence-electron chi connectivity index (χ1n) is 5.03. The fourth-order valence-corrected chi connectivity index (χ4v) is 1.19. The zero-order valence-corrected chi connectivity index (χ0v) is 9.67. The van der Waals surface area contributed by atoms with Crippen LogP contribution in [-0.2, 0) is 6.42 Å². The molecule has 0 saturated heterocycles. The smallest absolute Gasteiger partial charge is 0.194 e. The minimum Gasteiger partial charge on any atom is -0.370 e. The third kappa shape index (κ3) is 3.37. The molecule has 0 aliphatic heterocycles. The Hall–Kier alpha value is -1.72. The Kier molecular flexibility index (Phi) is 4.37. The van der Waals surface area contributed by atoms with Crippen molar-refractivity contribution in [2.45, 2.75) is 6.42 Å². The Labute approximate surface area is 97.7 Å². The van der Waals surface area contributed by atoms with Crippen molar-refractivity contribution in [3.63, 3.8) is 0 Å². The molecule has 0 fully saturated rings. The highest BCUT2D eigenvalue weighted by molar-refractivity contribution is 5.77. The van der Waals surface area contributed by atoms with E-state index in [4.69, 9.17) is 5.73 Å². The first kappa shape index (κ1) is 13.3.